The molecule has 0 saturated carbocycles. The van der Waals surface area contributed by atoms with Gasteiger partial charge in [-0.05, 0) is 48.5 Å². The average molecular weight is 462 g/mol. The Morgan fingerprint density at radius 1 is 0.875 bits per heavy atom. The molecule has 10 heteroatoms. The number of aliphatic hydroxyl groups is 1. The number of alkyl halides is 3. The molecule has 1 aromatic heterocycles. The molecule has 0 radical (unpaired) electrons. The van der Waals surface area contributed by atoms with Crippen LogP contribution < -0.4 is 10.0 Å². The number of para-hydroxylation sites is 1. The van der Waals surface area contributed by atoms with Crippen molar-refractivity contribution < 1.29 is 31.1 Å². The van der Waals surface area contributed by atoms with Crippen molar-refractivity contribution in [1.29, 1.82) is 0 Å². The van der Waals surface area contributed by atoms with E-state index in [1.165, 1.54) is 30.3 Å². The minimum absolute atomic E-state index is 0.197. The Morgan fingerprint density at radius 2 is 1.59 bits per heavy atom. The molecule has 4 rings (SSSR count). The predicted molar refractivity (Wildman–Crippen MR) is 113 cm³/mol. The minimum Gasteiger partial charge on any atom is -0.456 e. The van der Waals surface area contributed by atoms with Gasteiger partial charge >= 0.3 is 6.18 Å². The van der Waals surface area contributed by atoms with E-state index in [-0.39, 0.29) is 22.0 Å². The first-order valence-electron chi connectivity index (χ1n) is 9.35. The molecule has 32 heavy (non-hydrogen) atoms. The number of sulfonamides is 1. The molecule has 0 amide bonds. The van der Waals surface area contributed by atoms with Crippen molar-refractivity contribution in [2.24, 2.45) is 0 Å². The van der Waals surface area contributed by atoms with Crippen molar-refractivity contribution in [2.75, 3.05) is 10.0 Å². The lowest BCUT2D eigenvalue weighted by atomic mass is 10.2. The normalized spacial score (nSPS) is 13.1. The highest BCUT2D eigenvalue weighted by Crippen LogP contribution is 2.31. The number of rotatable bonds is 6. The summed E-state index contributed by atoms with van der Waals surface area (Å²) in [5.74, 6) is 0.238. The summed E-state index contributed by atoms with van der Waals surface area (Å²) in [5, 5.41) is 14.0. The maximum atomic E-state index is 12.9. The first-order valence-corrected chi connectivity index (χ1v) is 10.8. The molecule has 0 aliphatic rings. The third kappa shape index (κ3) is 4.71. The molecule has 3 N–H and O–H groups in total. The van der Waals surface area contributed by atoms with Gasteiger partial charge in [-0.15, -0.1) is 0 Å². The number of furan rings is 1. The molecule has 0 saturated heterocycles. The van der Waals surface area contributed by atoms with E-state index in [1.807, 2.05) is 12.1 Å². The molecule has 0 spiro atoms. The number of nitrogens with one attached hydrogen (secondary N) is 2. The molecule has 0 bridgehead atoms. The number of aliphatic hydroxyl groups excluding tert-OH is 1. The summed E-state index contributed by atoms with van der Waals surface area (Å²) in [7, 11) is -4.18. The van der Waals surface area contributed by atoms with Crippen LogP contribution in [-0.2, 0) is 16.2 Å². The van der Waals surface area contributed by atoms with Crippen molar-refractivity contribution in [2.45, 2.75) is 17.3 Å². The fourth-order valence-corrected chi connectivity index (χ4v) is 4.19. The molecule has 3 aromatic carbocycles. The second-order valence-electron chi connectivity index (χ2n) is 6.95. The van der Waals surface area contributed by atoms with E-state index in [0.29, 0.717) is 11.6 Å². The molecule has 1 atom stereocenters. The van der Waals surface area contributed by atoms with Crippen LogP contribution in [0.25, 0.3) is 11.0 Å². The van der Waals surface area contributed by atoms with Crippen LogP contribution in [0.15, 0.2) is 88.2 Å². The van der Waals surface area contributed by atoms with Crippen LogP contribution in [0.4, 0.5) is 24.5 Å². The first-order chi connectivity index (χ1) is 15.1. The zero-order chi connectivity index (χ0) is 22.9. The highest BCUT2D eigenvalue weighted by atomic mass is 32.2. The molecular formula is C22H17F3N2O4S. The number of hydrogen-bond acceptors (Lipinski definition) is 5. The molecule has 6 nitrogen and oxygen atoms in total. The van der Waals surface area contributed by atoms with Crippen molar-refractivity contribution in [3.05, 3.63) is 90.2 Å². The highest BCUT2D eigenvalue weighted by Gasteiger charge is 2.30. The zero-order valence-corrected chi connectivity index (χ0v) is 17.1. The predicted octanol–water partition coefficient (Wildman–Crippen LogP) is 5.36. The molecule has 1 heterocycles. The molecule has 0 aliphatic carbocycles. The SMILES string of the molecule is O=S(=O)(Nc1cccc(C(F)(F)F)c1)c1cccc(NC(O)c2cc3ccccc3o2)c1. The fraction of sp³-hybridized carbons (Fsp3) is 0.0909. The van der Waals surface area contributed by atoms with Gasteiger partial charge in [0.15, 0.2) is 12.0 Å². The van der Waals surface area contributed by atoms with Gasteiger partial charge in [-0.1, -0.05) is 30.3 Å². The van der Waals surface area contributed by atoms with Gasteiger partial charge in [0, 0.05) is 16.8 Å². The first kappa shape index (κ1) is 21.7. The van der Waals surface area contributed by atoms with E-state index in [0.717, 1.165) is 17.5 Å². The van der Waals surface area contributed by atoms with E-state index in [4.69, 9.17) is 4.42 Å². The van der Waals surface area contributed by atoms with Crippen LogP contribution in [-0.4, -0.2) is 13.5 Å². The quantitative estimate of drug-likeness (QED) is 0.336. The highest BCUT2D eigenvalue weighted by molar-refractivity contribution is 7.92. The van der Waals surface area contributed by atoms with Crippen LogP contribution in [0.5, 0.6) is 0 Å². The number of fused-ring (bicyclic) bond motifs is 1. The van der Waals surface area contributed by atoms with E-state index in [2.05, 4.69) is 10.0 Å². The van der Waals surface area contributed by atoms with Gasteiger partial charge in [-0.25, -0.2) is 8.42 Å². The van der Waals surface area contributed by atoms with Gasteiger partial charge in [-0.3, -0.25) is 4.72 Å². The Kier molecular flexibility index (Phi) is 5.57. The third-order valence-electron chi connectivity index (χ3n) is 4.60. The van der Waals surface area contributed by atoms with Crippen molar-refractivity contribution in [1.82, 2.24) is 0 Å². The summed E-state index contributed by atoms with van der Waals surface area (Å²) in [6, 6.07) is 18.3. The maximum Gasteiger partial charge on any atom is 0.416 e. The number of halogens is 3. The molecule has 4 aromatic rings. The summed E-state index contributed by atoms with van der Waals surface area (Å²) in [4.78, 5) is -0.197. The summed E-state index contributed by atoms with van der Waals surface area (Å²) in [6.45, 7) is 0. The third-order valence-corrected chi connectivity index (χ3v) is 5.98. The van der Waals surface area contributed by atoms with Crippen molar-refractivity contribution in [3.63, 3.8) is 0 Å². The smallest absolute Gasteiger partial charge is 0.416 e. The van der Waals surface area contributed by atoms with E-state index in [1.54, 1.807) is 18.2 Å². The second-order valence-corrected chi connectivity index (χ2v) is 8.63. The molecule has 1 unspecified atom stereocenters. The monoisotopic (exact) mass is 462 g/mol. The summed E-state index contributed by atoms with van der Waals surface area (Å²) in [5.41, 5.74) is -0.336. The fourth-order valence-electron chi connectivity index (χ4n) is 3.09. The van der Waals surface area contributed by atoms with Gasteiger partial charge in [0.25, 0.3) is 10.0 Å². The maximum absolute atomic E-state index is 12.9. The van der Waals surface area contributed by atoms with Crippen LogP contribution in [0, 0.1) is 0 Å². The van der Waals surface area contributed by atoms with Crippen LogP contribution in [0.2, 0.25) is 0 Å². The summed E-state index contributed by atoms with van der Waals surface area (Å²) < 4.78 is 71.8. The van der Waals surface area contributed by atoms with Crippen LogP contribution in [0.3, 0.4) is 0 Å². The lowest BCUT2D eigenvalue weighted by Crippen LogP contribution is -2.15. The second kappa shape index (κ2) is 8.21. The molecule has 166 valence electrons. The lowest BCUT2D eigenvalue weighted by molar-refractivity contribution is -0.137. The number of benzene rings is 3. The average Bonchev–Trinajstić information content (AvgIpc) is 3.18. The zero-order valence-electron chi connectivity index (χ0n) is 16.3. The van der Waals surface area contributed by atoms with Crippen LogP contribution in [0.1, 0.15) is 17.6 Å². The van der Waals surface area contributed by atoms with Gasteiger partial charge in [0.2, 0.25) is 0 Å². The Morgan fingerprint density at radius 3 is 2.34 bits per heavy atom. The molecule has 0 aliphatic heterocycles. The topological polar surface area (TPSA) is 91.6 Å². The number of anilines is 2. The summed E-state index contributed by atoms with van der Waals surface area (Å²) >= 11 is 0. The van der Waals surface area contributed by atoms with Crippen LogP contribution >= 0.6 is 0 Å². The largest absolute Gasteiger partial charge is 0.456 e. The Labute approximate surface area is 181 Å². The Balaban J connectivity index is 1.54. The van der Waals surface area contributed by atoms with E-state index >= 15 is 0 Å². The molecular weight excluding hydrogens is 445 g/mol. The van der Waals surface area contributed by atoms with Gasteiger partial charge in [-0.2, -0.15) is 13.2 Å². The molecule has 0 fully saturated rings. The Hall–Kier alpha value is -3.50. The van der Waals surface area contributed by atoms with Crippen molar-refractivity contribution in [3.8, 4) is 0 Å². The lowest BCUT2D eigenvalue weighted by Gasteiger charge is -2.14. The number of hydrogen-bond donors (Lipinski definition) is 3. The van der Waals surface area contributed by atoms with E-state index in [9.17, 15) is 26.7 Å². The van der Waals surface area contributed by atoms with Gasteiger partial charge in [0.1, 0.15) is 5.58 Å². The minimum atomic E-state index is -4.60. The van der Waals surface area contributed by atoms with Crippen molar-refractivity contribution >= 4 is 32.4 Å². The van der Waals surface area contributed by atoms with Gasteiger partial charge < -0.3 is 14.8 Å². The van der Waals surface area contributed by atoms with Gasteiger partial charge in [0.05, 0.1) is 10.5 Å². The summed E-state index contributed by atoms with van der Waals surface area (Å²) in [6.07, 6.45) is -5.85. The Bertz CT molecular complexity index is 1330. The van der Waals surface area contributed by atoms with E-state index < -0.39 is 28.0 Å². The standard InChI is InChI=1S/C22H17F3N2O4S/c23-22(24,25)15-6-3-8-17(12-15)27-32(29,30)18-9-4-7-16(13-18)26-21(28)20-11-14-5-1-2-10-19(14)31-20/h1-13,21,26-28H.